The summed E-state index contributed by atoms with van der Waals surface area (Å²) in [5.74, 6) is -12.7. The number of carboxylic acids is 1. The molecule has 40 heavy (non-hydrogen) atoms. The minimum absolute atomic E-state index is 0.0707. The van der Waals surface area contributed by atoms with Crippen molar-refractivity contribution in [3.05, 3.63) is 58.0 Å². The van der Waals surface area contributed by atoms with Gasteiger partial charge in [-0.25, -0.2) is 13.6 Å². The molecule has 1 heterocycles. The minimum atomic E-state index is -1.91. The van der Waals surface area contributed by atoms with Crippen LogP contribution in [-0.4, -0.2) is 64.0 Å². The molecular formula is C25H30F4N4O7. The van der Waals surface area contributed by atoms with E-state index in [1.807, 2.05) is 13.8 Å². The van der Waals surface area contributed by atoms with Crippen LogP contribution in [0, 0.1) is 23.3 Å². The van der Waals surface area contributed by atoms with Gasteiger partial charge in [0.2, 0.25) is 17.5 Å². The second-order valence-electron chi connectivity index (χ2n) is 7.73. The largest absolute Gasteiger partial charge is 0.481 e. The van der Waals surface area contributed by atoms with E-state index in [1.165, 1.54) is 23.2 Å². The third kappa shape index (κ3) is 9.10. The molecule has 0 bridgehead atoms. The van der Waals surface area contributed by atoms with E-state index in [0.717, 1.165) is 4.57 Å². The molecule has 0 fully saturated rings. The number of urea groups is 1. The zero-order valence-corrected chi connectivity index (χ0v) is 22.2. The highest BCUT2D eigenvalue weighted by Gasteiger charge is 2.27. The van der Waals surface area contributed by atoms with E-state index in [4.69, 9.17) is 5.11 Å². The lowest BCUT2D eigenvalue weighted by atomic mass is 10.1. The molecule has 0 radical (unpaired) electrons. The number of benzene rings is 1. The Kier molecular flexibility index (Phi) is 13.3. The van der Waals surface area contributed by atoms with Crippen LogP contribution in [0.3, 0.4) is 0 Å². The van der Waals surface area contributed by atoms with Crippen LogP contribution < -0.4 is 20.9 Å². The zero-order chi connectivity index (χ0) is 30.6. The number of rotatable bonds is 12. The molecule has 1 aromatic carbocycles. The number of hydrogen-bond acceptors (Lipinski definition) is 6. The summed E-state index contributed by atoms with van der Waals surface area (Å²) in [6, 6.07) is 0.262. The van der Waals surface area contributed by atoms with Crippen molar-refractivity contribution in [3.8, 4) is 5.75 Å². The summed E-state index contributed by atoms with van der Waals surface area (Å²) in [4.78, 5) is 62.4. The van der Waals surface area contributed by atoms with Gasteiger partial charge in [0, 0.05) is 25.4 Å². The number of carbonyl (C=O) groups excluding carboxylic acids is 3. The fourth-order valence-electron chi connectivity index (χ4n) is 3.20. The molecule has 15 heteroatoms. The van der Waals surface area contributed by atoms with E-state index in [2.05, 4.69) is 15.4 Å². The Morgan fingerprint density at radius 2 is 1.62 bits per heavy atom. The number of anilines is 1. The number of ether oxygens (including phenoxy) is 1. The molecular weight excluding hydrogens is 544 g/mol. The topological polar surface area (TPSA) is 147 Å². The van der Waals surface area contributed by atoms with E-state index in [1.54, 1.807) is 13.8 Å². The first-order chi connectivity index (χ1) is 18.9. The fourth-order valence-corrected chi connectivity index (χ4v) is 3.20. The fraction of sp³-hybridized carbons (Fsp3) is 0.400. The Hall–Kier alpha value is -4.43. The number of nitrogens with zero attached hydrogens (tertiary/aromatic N) is 2. The molecule has 220 valence electrons. The van der Waals surface area contributed by atoms with E-state index in [0.29, 0.717) is 13.1 Å². The molecule has 3 N–H and O–H groups in total. The van der Waals surface area contributed by atoms with E-state index in [9.17, 15) is 41.5 Å². The van der Waals surface area contributed by atoms with Crippen molar-refractivity contribution in [2.45, 2.75) is 46.7 Å². The van der Waals surface area contributed by atoms with E-state index < -0.39 is 83.9 Å². The lowest BCUT2D eigenvalue weighted by molar-refractivity contribution is -0.140. The number of aromatic nitrogens is 1. The maximum Gasteiger partial charge on any atom is 0.321 e. The second-order valence-corrected chi connectivity index (χ2v) is 7.73. The smallest absolute Gasteiger partial charge is 0.321 e. The first-order valence-corrected chi connectivity index (χ1v) is 12.1. The van der Waals surface area contributed by atoms with Crippen LogP contribution in [0.25, 0.3) is 0 Å². The lowest BCUT2D eigenvalue weighted by Gasteiger charge is -2.19. The molecule has 0 saturated heterocycles. The first-order valence-electron chi connectivity index (χ1n) is 12.1. The van der Waals surface area contributed by atoms with Gasteiger partial charge in [0.15, 0.2) is 23.2 Å². The summed E-state index contributed by atoms with van der Waals surface area (Å²) in [5.41, 5.74) is -0.915. The van der Waals surface area contributed by atoms with Gasteiger partial charge in [0.1, 0.15) is 24.9 Å². The molecule has 3 amide bonds. The average molecular weight is 575 g/mol. The van der Waals surface area contributed by atoms with Gasteiger partial charge >= 0.3 is 12.0 Å². The Morgan fingerprint density at radius 3 is 2.15 bits per heavy atom. The lowest BCUT2D eigenvalue weighted by Crippen LogP contribution is -2.46. The Labute approximate surface area is 226 Å². The summed E-state index contributed by atoms with van der Waals surface area (Å²) >= 11 is 0. The van der Waals surface area contributed by atoms with Crippen molar-refractivity contribution in [1.29, 1.82) is 0 Å². The van der Waals surface area contributed by atoms with Crippen molar-refractivity contribution in [3.63, 3.8) is 0 Å². The third-order valence-electron chi connectivity index (χ3n) is 5.16. The predicted molar refractivity (Wildman–Crippen MR) is 135 cm³/mol. The van der Waals surface area contributed by atoms with Crippen LogP contribution in [-0.2, 0) is 20.9 Å². The number of nitrogens with one attached hydrogen (secondary N) is 2. The number of halogens is 4. The van der Waals surface area contributed by atoms with Crippen molar-refractivity contribution in [1.82, 2.24) is 14.8 Å². The molecule has 0 aliphatic heterocycles. The van der Waals surface area contributed by atoms with Crippen LogP contribution in [0.1, 0.15) is 34.1 Å². The minimum Gasteiger partial charge on any atom is -0.481 e. The Morgan fingerprint density at radius 1 is 1.05 bits per heavy atom. The number of ketones is 1. The number of carbonyl (C=O) groups is 4. The molecule has 0 saturated carbocycles. The molecule has 1 aromatic heterocycles. The van der Waals surface area contributed by atoms with Crippen LogP contribution in [0.2, 0.25) is 0 Å². The SMILES string of the molecule is CC.CCN(CC)C(=O)Nc1cccn(CC(=O)NC(CC(=O)O)C(=O)COc2c(F)c(F)cc(F)c2F)c1=O. The third-order valence-corrected chi connectivity index (χ3v) is 5.16. The van der Waals surface area contributed by atoms with Crippen molar-refractivity contribution < 1.29 is 46.6 Å². The monoisotopic (exact) mass is 574 g/mol. The van der Waals surface area contributed by atoms with Gasteiger partial charge in [-0.1, -0.05) is 13.8 Å². The number of Topliss-reactive ketones (excluding diaryl/α,β-unsaturated/α-hetero) is 1. The maximum atomic E-state index is 13.7. The molecule has 2 aromatic rings. The molecule has 1 atom stereocenters. The summed E-state index contributed by atoms with van der Waals surface area (Å²) in [6.07, 6.45) is 0.224. The van der Waals surface area contributed by atoms with Gasteiger partial charge in [-0.2, -0.15) is 8.78 Å². The summed E-state index contributed by atoms with van der Waals surface area (Å²) < 4.78 is 59.6. The average Bonchev–Trinajstić information content (AvgIpc) is 2.91. The predicted octanol–water partition coefficient (Wildman–Crippen LogP) is 2.91. The van der Waals surface area contributed by atoms with Crippen molar-refractivity contribution in [2.75, 3.05) is 25.0 Å². The molecule has 0 spiro atoms. The molecule has 2 rings (SSSR count). The maximum absolute atomic E-state index is 13.7. The van der Waals surface area contributed by atoms with Crippen molar-refractivity contribution in [2.24, 2.45) is 0 Å². The molecule has 1 unspecified atom stereocenters. The van der Waals surface area contributed by atoms with Gasteiger partial charge in [0.25, 0.3) is 5.56 Å². The van der Waals surface area contributed by atoms with E-state index >= 15 is 0 Å². The number of carboxylic acid groups (broad SMARTS) is 1. The Bertz CT molecular complexity index is 1260. The summed E-state index contributed by atoms with van der Waals surface area (Å²) in [7, 11) is 0. The highest BCUT2D eigenvalue weighted by Crippen LogP contribution is 2.26. The van der Waals surface area contributed by atoms with Crippen molar-refractivity contribution >= 4 is 29.4 Å². The van der Waals surface area contributed by atoms with Crippen LogP contribution >= 0.6 is 0 Å². The van der Waals surface area contributed by atoms with Gasteiger partial charge in [0.05, 0.1) is 6.42 Å². The van der Waals surface area contributed by atoms with E-state index in [-0.39, 0.29) is 11.8 Å². The highest BCUT2D eigenvalue weighted by molar-refractivity contribution is 5.93. The van der Waals surface area contributed by atoms with Crippen LogP contribution in [0.4, 0.5) is 28.0 Å². The number of amides is 3. The molecule has 0 aliphatic rings. The van der Waals surface area contributed by atoms with Gasteiger partial charge in [-0.3, -0.25) is 19.2 Å². The van der Waals surface area contributed by atoms with Gasteiger partial charge in [-0.05, 0) is 26.0 Å². The Balaban J connectivity index is 0.00000391. The number of aliphatic carboxylic acids is 1. The normalized spacial score (nSPS) is 11.0. The van der Waals surface area contributed by atoms with Gasteiger partial charge < -0.3 is 29.9 Å². The van der Waals surface area contributed by atoms with Crippen LogP contribution in [0.5, 0.6) is 5.75 Å². The summed E-state index contributed by atoms with van der Waals surface area (Å²) in [6.45, 7) is 6.28. The number of hydrogen-bond donors (Lipinski definition) is 3. The standard InChI is InChI=1S/C23H24F4N4O7.C2H6/c1-3-30(4-2)23(37)29-14-6-5-7-31(22(14)36)10-17(33)28-15(9-18(34)35)16(32)11-38-21-19(26)12(24)8-13(25)20(21)27;1-2/h5-8,15H,3-4,9-11H2,1-2H3,(H,28,33)(H,29,37)(H,34,35);1-2H3. The van der Waals surface area contributed by atoms with Crippen LogP contribution in [0.15, 0.2) is 29.2 Å². The quantitative estimate of drug-likeness (QED) is 0.261. The molecule has 11 nitrogen and oxygen atoms in total. The molecule has 0 aliphatic carbocycles. The van der Waals surface area contributed by atoms with Gasteiger partial charge in [-0.15, -0.1) is 0 Å². The number of pyridine rings is 1. The highest BCUT2D eigenvalue weighted by atomic mass is 19.2. The first kappa shape index (κ1) is 33.6. The second kappa shape index (κ2) is 15.9. The summed E-state index contributed by atoms with van der Waals surface area (Å²) in [5, 5.41) is 13.6. The zero-order valence-electron chi connectivity index (χ0n) is 22.2.